The van der Waals surface area contributed by atoms with Crippen molar-refractivity contribution < 1.29 is 9.59 Å². The summed E-state index contributed by atoms with van der Waals surface area (Å²) in [6.07, 6.45) is 1.70. The van der Waals surface area contributed by atoms with Gasteiger partial charge in [-0.3, -0.25) is 14.5 Å². The number of piperidine rings is 1. The fraction of sp³-hybridized carbons (Fsp3) is 0.417. The largest absolute Gasteiger partial charge is 0.349 e. The summed E-state index contributed by atoms with van der Waals surface area (Å²) in [7, 11) is 0. The number of carbonyl (C=O) groups is 2. The molecule has 2 amide bonds. The van der Waals surface area contributed by atoms with Gasteiger partial charge in [0.05, 0.1) is 6.54 Å². The number of rotatable bonds is 5. The molecule has 0 aromatic heterocycles. The van der Waals surface area contributed by atoms with Crippen molar-refractivity contribution in [2.24, 2.45) is 0 Å². The Bertz CT molecular complexity index is 817. The van der Waals surface area contributed by atoms with Gasteiger partial charge in [-0.2, -0.15) is 0 Å². The minimum Gasteiger partial charge on any atom is -0.349 e. The number of nitrogens with zero attached hydrogens (tertiary/aromatic N) is 1. The van der Waals surface area contributed by atoms with Crippen molar-refractivity contribution in [1.82, 2.24) is 10.2 Å². The van der Waals surface area contributed by atoms with Gasteiger partial charge in [-0.15, -0.1) is 0 Å². The number of amides is 2. The molecule has 2 aromatic carbocycles. The van der Waals surface area contributed by atoms with Gasteiger partial charge in [-0.05, 0) is 48.1 Å². The minimum absolute atomic E-state index is 0.00220. The van der Waals surface area contributed by atoms with Gasteiger partial charge in [0.2, 0.25) is 5.91 Å². The third-order valence-electron chi connectivity index (χ3n) is 5.36. The molecule has 1 heterocycles. The zero-order valence-corrected chi connectivity index (χ0v) is 17.6. The highest BCUT2D eigenvalue weighted by atomic mass is 16.2. The van der Waals surface area contributed by atoms with Crippen molar-refractivity contribution in [1.29, 1.82) is 0 Å². The molecule has 154 valence electrons. The molecule has 0 unspecified atom stereocenters. The zero-order valence-electron chi connectivity index (χ0n) is 17.6. The van der Waals surface area contributed by atoms with Gasteiger partial charge in [0.25, 0.3) is 5.91 Å². The average Bonchev–Trinajstić information content (AvgIpc) is 2.69. The van der Waals surface area contributed by atoms with Crippen LogP contribution in [-0.4, -0.2) is 42.4 Å². The van der Waals surface area contributed by atoms with E-state index in [0.29, 0.717) is 12.1 Å². The number of nitrogens with one attached hydrogen (secondary N) is 2. The van der Waals surface area contributed by atoms with E-state index in [1.54, 1.807) is 0 Å². The molecule has 1 aliphatic rings. The lowest BCUT2D eigenvalue weighted by Gasteiger charge is -2.31. The molecule has 0 aliphatic carbocycles. The Labute approximate surface area is 173 Å². The van der Waals surface area contributed by atoms with Crippen molar-refractivity contribution in [2.45, 2.75) is 45.1 Å². The van der Waals surface area contributed by atoms with Crippen molar-refractivity contribution in [2.75, 3.05) is 25.0 Å². The Morgan fingerprint density at radius 3 is 2.17 bits per heavy atom. The molecule has 1 fully saturated rings. The molecule has 0 saturated carbocycles. The van der Waals surface area contributed by atoms with E-state index in [4.69, 9.17) is 0 Å². The maximum absolute atomic E-state index is 12.5. The lowest BCUT2D eigenvalue weighted by atomic mass is 9.86. The van der Waals surface area contributed by atoms with Crippen LogP contribution in [0.25, 0.3) is 0 Å². The highest BCUT2D eigenvalue weighted by Crippen LogP contribution is 2.22. The molecule has 0 bridgehead atoms. The van der Waals surface area contributed by atoms with E-state index in [0.717, 1.165) is 31.6 Å². The van der Waals surface area contributed by atoms with Gasteiger partial charge in [0.1, 0.15) is 0 Å². The second-order valence-corrected chi connectivity index (χ2v) is 8.77. The molecule has 5 nitrogen and oxygen atoms in total. The molecule has 2 aromatic rings. The Kier molecular flexibility index (Phi) is 6.70. The Balaban J connectivity index is 1.43. The van der Waals surface area contributed by atoms with Crippen LogP contribution in [0.15, 0.2) is 54.6 Å². The number of benzene rings is 2. The molecule has 0 radical (unpaired) electrons. The van der Waals surface area contributed by atoms with Crippen LogP contribution in [0.2, 0.25) is 0 Å². The zero-order chi connectivity index (χ0) is 20.9. The maximum atomic E-state index is 12.5. The van der Waals surface area contributed by atoms with Crippen LogP contribution < -0.4 is 10.6 Å². The fourth-order valence-corrected chi connectivity index (χ4v) is 3.55. The summed E-state index contributed by atoms with van der Waals surface area (Å²) in [5.41, 5.74) is 2.81. The number of hydrogen-bond acceptors (Lipinski definition) is 3. The summed E-state index contributed by atoms with van der Waals surface area (Å²) < 4.78 is 0. The summed E-state index contributed by atoms with van der Waals surface area (Å²) in [5.74, 6) is -0.0247. The minimum atomic E-state index is -0.0225. The molecular weight excluding hydrogens is 362 g/mol. The van der Waals surface area contributed by atoms with E-state index in [1.807, 2.05) is 54.6 Å². The van der Waals surface area contributed by atoms with Crippen molar-refractivity contribution in [3.8, 4) is 0 Å². The first-order valence-corrected chi connectivity index (χ1v) is 10.3. The summed E-state index contributed by atoms with van der Waals surface area (Å²) in [6.45, 7) is 8.47. The lowest BCUT2D eigenvalue weighted by molar-refractivity contribution is -0.117. The Hall–Kier alpha value is -2.66. The van der Waals surface area contributed by atoms with E-state index in [-0.39, 0.29) is 23.3 Å². The summed E-state index contributed by atoms with van der Waals surface area (Å²) in [6, 6.07) is 17.5. The van der Waals surface area contributed by atoms with Gasteiger partial charge in [0, 0.05) is 30.4 Å². The third kappa shape index (κ3) is 6.16. The summed E-state index contributed by atoms with van der Waals surface area (Å²) in [5, 5.41) is 6.06. The van der Waals surface area contributed by atoms with Crippen molar-refractivity contribution in [3.63, 3.8) is 0 Å². The molecule has 5 heteroatoms. The molecule has 29 heavy (non-hydrogen) atoms. The molecule has 0 atom stereocenters. The van der Waals surface area contributed by atoms with Crippen molar-refractivity contribution in [3.05, 3.63) is 65.7 Å². The van der Waals surface area contributed by atoms with Crippen LogP contribution in [0.1, 0.15) is 49.5 Å². The van der Waals surface area contributed by atoms with Gasteiger partial charge in [-0.1, -0.05) is 51.1 Å². The van der Waals surface area contributed by atoms with Crippen LogP contribution in [-0.2, 0) is 10.2 Å². The van der Waals surface area contributed by atoms with Crippen LogP contribution in [0.3, 0.4) is 0 Å². The summed E-state index contributed by atoms with van der Waals surface area (Å²) >= 11 is 0. The van der Waals surface area contributed by atoms with Gasteiger partial charge in [-0.25, -0.2) is 0 Å². The first-order chi connectivity index (χ1) is 13.8. The molecule has 2 N–H and O–H groups in total. The quantitative estimate of drug-likeness (QED) is 0.812. The molecule has 3 rings (SSSR count). The maximum Gasteiger partial charge on any atom is 0.251 e. The monoisotopic (exact) mass is 393 g/mol. The summed E-state index contributed by atoms with van der Waals surface area (Å²) in [4.78, 5) is 26.9. The highest BCUT2D eigenvalue weighted by Gasteiger charge is 2.23. The Morgan fingerprint density at radius 1 is 0.966 bits per heavy atom. The predicted octanol–water partition coefficient (Wildman–Crippen LogP) is 3.82. The first kappa shape index (κ1) is 21.1. The lowest BCUT2D eigenvalue weighted by Crippen LogP contribution is -2.46. The fourth-order valence-electron chi connectivity index (χ4n) is 3.55. The highest BCUT2D eigenvalue weighted by molar-refractivity contribution is 5.94. The second kappa shape index (κ2) is 9.23. The topological polar surface area (TPSA) is 61.4 Å². The third-order valence-corrected chi connectivity index (χ3v) is 5.36. The van der Waals surface area contributed by atoms with E-state index in [1.165, 1.54) is 5.56 Å². The standard InChI is InChI=1S/C24H31N3O2/c1-24(2,3)19-11-9-18(10-12-19)23(29)26-21-13-15-27(16-14-21)17-22(28)25-20-7-5-4-6-8-20/h4-12,21H,13-17H2,1-3H3,(H,25,28)(H,26,29). The number of carbonyl (C=O) groups excluding carboxylic acids is 2. The van der Waals surface area contributed by atoms with Gasteiger partial charge >= 0.3 is 0 Å². The van der Waals surface area contributed by atoms with Crippen LogP contribution in [0.5, 0.6) is 0 Å². The Morgan fingerprint density at radius 2 is 1.59 bits per heavy atom. The number of anilines is 1. The van der Waals surface area contributed by atoms with E-state index >= 15 is 0 Å². The molecule has 0 spiro atoms. The SMILES string of the molecule is CC(C)(C)c1ccc(C(=O)NC2CCN(CC(=O)Nc3ccccc3)CC2)cc1. The number of para-hydroxylation sites is 1. The first-order valence-electron chi connectivity index (χ1n) is 10.3. The predicted molar refractivity (Wildman–Crippen MR) is 117 cm³/mol. The molecule has 1 saturated heterocycles. The van der Waals surface area contributed by atoms with Gasteiger partial charge < -0.3 is 10.6 Å². The smallest absolute Gasteiger partial charge is 0.251 e. The van der Waals surface area contributed by atoms with E-state index < -0.39 is 0 Å². The van der Waals surface area contributed by atoms with Crippen LogP contribution in [0.4, 0.5) is 5.69 Å². The normalized spacial score (nSPS) is 15.7. The molecule has 1 aliphatic heterocycles. The average molecular weight is 394 g/mol. The molecular formula is C24H31N3O2. The van der Waals surface area contributed by atoms with E-state index in [9.17, 15) is 9.59 Å². The number of hydrogen-bond donors (Lipinski definition) is 2. The van der Waals surface area contributed by atoms with Crippen LogP contribution >= 0.6 is 0 Å². The van der Waals surface area contributed by atoms with Gasteiger partial charge in [0.15, 0.2) is 0 Å². The second-order valence-electron chi connectivity index (χ2n) is 8.77. The number of likely N-dealkylation sites (tertiary alicyclic amines) is 1. The van der Waals surface area contributed by atoms with Crippen molar-refractivity contribution >= 4 is 17.5 Å². The van der Waals surface area contributed by atoms with E-state index in [2.05, 4.69) is 36.3 Å². The van der Waals surface area contributed by atoms with Crippen LogP contribution in [0, 0.1) is 0 Å².